The van der Waals surface area contributed by atoms with Gasteiger partial charge in [0.2, 0.25) is 5.91 Å². The Morgan fingerprint density at radius 3 is 2.45 bits per heavy atom. The molecule has 1 aliphatic carbocycles. The molecule has 0 bridgehead atoms. The van der Waals surface area contributed by atoms with Crippen molar-refractivity contribution in [1.82, 2.24) is 0 Å². The first-order valence-electron chi connectivity index (χ1n) is 7.18. The van der Waals surface area contributed by atoms with E-state index in [0.717, 1.165) is 12.8 Å². The van der Waals surface area contributed by atoms with Gasteiger partial charge in [0.1, 0.15) is 0 Å². The molecule has 1 aromatic carbocycles. The van der Waals surface area contributed by atoms with Gasteiger partial charge in [-0.3, -0.25) is 4.79 Å². The molecule has 4 nitrogen and oxygen atoms in total. The molecule has 2 rings (SSSR count). The minimum absolute atomic E-state index is 0.0571. The second kappa shape index (κ2) is 6.07. The number of benzene rings is 1. The number of aromatic carboxylic acids is 1. The van der Waals surface area contributed by atoms with Crippen LogP contribution < -0.4 is 5.32 Å². The van der Waals surface area contributed by atoms with Gasteiger partial charge in [0, 0.05) is 11.6 Å². The SMILES string of the molecule is CCCCC1C(C)C1C(=O)Nc1ccc(C(=O)O)cc1. The third-order valence-electron chi connectivity index (χ3n) is 4.16. The highest BCUT2D eigenvalue weighted by Crippen LogP contribution is 2.49. The molecule has 0 saturated heterocycles. The number of carboxylic acids is 1. The molecule has 1 aromatic rings. The first kappa shape index (κ1) is 14.6. The molecule has 1 aliphatic rings. The molecule has 1 amide bonds. The highest BCUT2D eigenvalue weighted by Gasteiger charge is 2.50. The van der Waals surface area contributed by atoms with Crippen LogP contribution in [-0.2, 0) is 4.79 Å². The fourth-order valence-electron chi connectivity index (χ4n) is 2.78. The van der Waals surface area contributed by atoms with Gasteiger partial charge in [-0.15, -0.1) is 0 Å². The molecule has 3 unspecified atom stereocenters. The van der Waals surface area contributed by atoms with E-state index in [-0.39, 0.29) is 17.4 Å². The summed E-state index contributed by atoms with van der Waals surface area (Å²) in [5.41, 5.74) is 0.886. The number of amides is 1. The molecule has 0 heterocycles. The highest BCUT2D eigenvalue weighted by molar-refractivity contribution is 5.95. The van der Waals surface area contributed by atoms with Crippen molar-refractivity contribution >= 4 is 17.6 Å². The molecule has 108 valence electrons. The van der Waals surface area contributed by atoms with Crippen LogP contribution in [0.4, 0.5) is 5.69 Å². The van der Waals surface area contributed by atoms with E-state index in [1.807, 2.05) is 0 Å². The van der Waals surface area contributed by atoms with Gasteiger partial charge in [-0.25, -0.2) is 4.79 Å². The second-order valence-corrected chi connectivity index (χ2v) is 5.56. The number of hydrogen-bond donors (Lipinski definition) is 2. The van der Waals surface area contributed by atoms with Gasteiger partial charge in [-0.05, 0) is 42.5 Å². The Balaban J connectivity index is 1.90. The van der Waals surface area contributed by atoms with Crippen LogP contribution >= 0.6 is 0 Å². The molecule has 20 heavy (non-hydrogen) atoms. The molecule has 3 atom stereocenters. The maximum absolute atomic E-state index is 12.2. The van der Waals surface area contributed by atoms with Crippen LogP contribution in [0.5, 0.6) is 0 Å². The summed E-state index contributed by atoms with van der Waals surface area (Å²) in [5, 5.41) is 11.7. The molecular weight excluding hydrogens is 254 g/mol. The van der Waals surface area contributed by atoms with Gasteiger partial charge in [0.05, 0.1) is 5.56 Å². The lowest BCUT2D eigenvalue weighted by Gasteiger charge is -2.05. The third-order valence-corrected chi connectivity index (χ3v) is 4.16. The van der Waals surface area contributed by atoms with E-state index in [4.69, 9.17) is 5.11 Å². The van der Waals surface area contributed by atoms with Crippen LogP contribution in [0.3, 0.4) is 0 Å². The largest absolute Gasteiger partial charge is 0.478 e. The zero-order valence-corrected chi connectivity index (χ0v) is 11.9. The molecule has 0 spiro atoms. The number of carbonyl (C=O) groups excluding carboxylic acids is 1. The van der Waals surface area contributed by atoms with Crippen molar-refractivity contribution < 1.29 is 14.7 Å². The van der Waals surface area contributed by atoms with Crippen LogP contribution in [-0.4, -0.2) is 17.0 Å². The predicted molar refractivity (Wildman–Crippen MR) is 77.7 cm³/mol. The van der Waals surface area contributed by atoms with Crippen molar-refractivity contribution in [2.24, 2.45) is 17.8 Å². The van der Waals surface area contributed by atoms with Crippen LogP contribution in [0.25, 0.3) is 0 Å². The lowest BCUT2D eigenvalue weighted by atomic mass is 10.1. The molecular formula is C16H21NO3. The summed E-state index contributed by atoms with van der Waals surface area (Å²) in [4.78, 5) is 22.9. The van der Waals surface area contributed by atoms with Gasteiger partial charge in [-0.1, -0.05) is 26.7 Å². The number of anilines is 1. The topological polar surface area (TPSA) is 66.4 Å². The highest BCUT2D eigenvalue weighted by atomic mass is 16.4. The Labute approximate surface area is 119 Å². The average molecular weight is 275 g/mol. The van der Waals surface area contributed by atoms with Gasteiger partial charge in [-0.2, -0.15) is 0 Å². The van der Waals surface area contributed by atoms with Crippen LogP contribution in [0.1, 0.15) is 43.5 Å². The molecule has 2 N–H and O–H groups in total. The third kappa shape index (κ3) is 3.18. The van der Waals surface area contributed by atoms with E-state index in [1.54, 1.807) is 12.1 Å². The number of carbonyl (C=O) groups is 2. The Bertz CT molecular complexity index is 495. The second-order valence-electron chi connectivity index (χ2n) is 5.56. The quantitative estimate of drug-likeness (QED) is 0.836. The Morgan fingerprint density at radius 1 is 1.25 bits per heavy atom. The summed E-state index contributed by atoms with van der Waals surface area (Å²) in [7, 11) is 0. The van der Waals surface area contributed by atoms with Gasteiger partial charge in [0.25, 0.3) is 0 Å². The number of unbranched alkanes of at least 4 members (excludes halogenated alkanes) is 1. The Morgan fingerprint density at radius 2 is 1.90 bits per heavy atom. The van der Waals surface area contributed by atoms with Crippen LogP contribution in [0, 0.1) is 17.8 Å². The van der Waals surface area contributed by atoms with Crippen LogP contribution in [0.15, 0.2) is 24.3 Å². The summed E-state index contributed by atoms with van der Waals surface area (Å²) in [5.74, 6) is 0.175. The molecule has 0 aliphatic heterocycles. The molecule has 1 fully saturated rings. The molecule has 0 aromatic heterocycles. The fourth-order valence-corrected chi connectivity index (χ4v) is 2.78. The van der Waals surface area contributed by atoms with Crippen molar-refractivity contribution in [2.45, 2.75) is 33.1 Å². The zero-order valence-electron chi connectivity index (χ0n) is 11.9. The molecule has 1 saturated carbocycles. The number of carboxylic acid groups (broad SMARTS) is 1. The normalized spacial score (nSPS) is 24.2. The standard InChI is InChI=1S/C16H21NO3/c1-3-4-5-13-10(2)14(13)15(18)17-12-8-6-11(7-9-12)16(19)20/h6-10,13-14H,3-5H2,1-2H3,(H,17,18)(H,19,20). The van der Waals surface area contributed by atoms with Gasteiger partial charge >= 0.3 is 5.97 Å². The van der Waals surface area contributed by atoms with E-state index in [1.165, 1.54) is 18.6 Å². The summed E-state index contributed by atoms with van der Waals surface area (Å²) in [6, 6.07) is 6.27. The monoisotopic (exact) mass is 275 g/mol. The van der Waals surface area contributed by atoms with E-state index < -0.39 is 5.97 Å². The molecule has 4 heteroatoms. The Kier molecular flexibility index (Phi) is 4.42. The lowest BCUT2D eigenvalue weighted by Crippen LogP contribution is -2.15. The van der Waals surface area contributed by atoms with Crippen molar-refractivity contribution in [3.05, 3.63) is 29.8 Å². The van der Waals surface area contributed by atoms with E-state index in [0.29, 0.717) is 17.5 Å². The maximum Gasteiger partial charge on any atom is 0.335 e. The van der Waals surface area contributed by atoms with E-state index >= 15 is 0 Å². The lowest BCUT2D eigenvalue weighted by molar-refractivity contribution is -0.117. The number of rotatable bonds is 6. The summed E-state index contributed by atoms with van der Waals surface area (Å²) >= 11 is 0. The fraction of sp³-hybridized carbons (Fsp3) is 0.500. The minimum atomic E-state index is -0.960. The van der Waals surface area contributed by atoms with Crippen molar-refractivity contribution in [3.63, 3.8) is 0 Å². The van der Waals surface area contributed by atoms with E-state index in [2.05, 4.69) is 19.2 Å². The van der Waals surface area contributed by atoms with Gasteiger partial charge in [0.15, 0.2) is 0 Å². The summed E-state index contributed by atoms with van der Waals surface area (Å²) in [6.07, 6.45) is 3.45. The van der Waals surface area contributed by atoms with Gasteiger partial charge < -0.3 is 10.4 Å². The van der Waals surface area contributed by atoms with E-state index in [9.17, 15) is 9.59 Å². The van der Waals surface area contributed by atoms with Crippen LogP contribution in [0.2, 0.25) is 0 Å². The first-order valence-corrected chi connectivity index (χ1v) is 7.18. The predicted octanol–water partition coefficient (Wildman–Crippen LogP) is 3.40. The zero-order chi connectivity index (χ0) is 14.7. The van der Waals surface area contributed by atoms with Crippen molar-refractivity contribution in [3.8, 4) is 0 Å². The minimum Gasteiger partial charge on any atom is -0.478 e. The number of hydrogen-bond acceptors (Lipinski definition) is 2. The summed E-state index contributed by atoms with van der Waals surface area (Å²) < 4.78 is 0. The Hall–Kier alpha value is -1.84. The maximum atomic E-state index is 12.2. The number of nitrogens with one attached hydrogen (secondary N) is 1. The van der Waals surface area contributed by atoms with Crippen molar-refractivity contribution in [1.29, 1.82) is 0 Å². The molecule has 0 radical (unpaired) electrons. The van der Waals surface area contributed by atoms with Crippen molar-refractivity contribution in [2.75, 3.05) is 5.32 Å². The smallest absolute Gasteiger partial charge is 0.335 e. The average Bonchev–Trinajstić information content (AvgIpc) is 3.07. The first-order chi connectivity index (χ1) is 9.54. The summed E-state index contributed by atoms with van der Waals surface area (Å²) in [6.45, 7) is 4.28.